The zero-order valence-electron chi connectivity index (χ0n) is 10.5. The summed E-state index contributed by atoms with van der Waals surface area (Å²) in [7, 11) is 0. The molecular formula is C13H18N2O2S. The molecule has 1 aromatic heterocycles. The van der Waals surface area contributed by atoms with Gasteiger partial charge in [0.1, 0.15) is 0 Å². The van der Waals surface area contributed by atoms with Crippen LogP contribution in [-0.4, -0.2) is 45.3 Å². The third kappa shape index (κ3) is 3.23. The molecule has 0 unspecified atom stereocenters. The van der Waals surface area contributed by atoms with E-state index >= 15 is 0 Å². The van der Waals surface area contributed by atoms with Gasteiger partial charge in [0.2, 0.25) is 5.91 Å². The van der Waals surface area contributed by atoms with Gasteiger partial charge in [-0.05, 0) is 18.6 Å². The van der Waals surface area contributed by atoms with Crippen molar-refractivity contribution in [3.63, 3.8) is 0 Å². The highest BCUT2D eigenvalue weighted by Crippen LogP contribution is 2.27. The molecule has 2 rings (SSSR count). The van der Waals surface area contributed by atoms with E-state index in [-0.39, 0.29) is 5.91 Å². The van der Waals surface area contributed by atoms with Crippen LogP contribution in [0.5, 0.6) is 0 Å². The lowest BCUT2D eigenvalue weighted by atomic mass is 9.89. The Morgan fingerprint density at radius 2 is 2.17 bits per heavy atom. The smallest absolute Gasteiger partial charge is 0.233 e. The number of hydrogen-bond acceptors (Lipinski definition) is 4. The molecule has 0 aliphatic carbocycles. The molecule has 0 spiro atoms. The zero-order chi connectivity index (χ0) is 13.0. The van der Waals surface area contributed by atoms with Crippen LogP contribution < -0.4 is 0 Å². The molecule has 98 valence electrons. The number of β-amino-alcohol motifs (C(OH)–C–C–N with tert-alkyl or cyclic N) is 1. The summed E-state index contributed by atoms with van der Waals surface area (Å²) in [4.78, 5) is 18.6. The van der Waals surface area contributed by atoms with Crippen molar-refractivity contribution in [3.8, 4) is 0 Å². The number of amides is 1. The van der Waals surface area contributed by atoms with Gasteiger partial charge in [0, 0.05) is 17.3 Å². The summed E-state index contributed by atoms with van der Waals surface area (Å²) >= 11 is 1.51. The first kappa shape index (κ1) is 13.4. The zero-order valence-corrected chi connectivity index (χ0v) is 11.3. The van der Waals surface area contributed by atoms with Crippen molar-refractivity contribution < 1.29 is 9.90 Å². The van der Waals surface area contributed by atoms with Crippen molar-refractivity contribution in [2.24, 2.45) is 0 Å². The summed E-state index contributed by atoms with van der Waals surface area (Å²) in [6.45, 7) is 3.01. The Morgan fingerprint density at radius 3 is 2.78 bits per heavy atom. The van der Waals surface area contributed by atoms with Gasteiger partial charge >= 0.3 is 0 Å². The van der Waals surface area contributed by atoms with E-state index in [4.69, 9.17) is 0 Å². The number of nitrogens with zero attached hydrogens (tertiary/aromatic N) is 2. The van der Waals surface area contributed by atoms with E-state index in [9.17, 15) is 9.90 Å². The SMILES string of the molecule is CCCC1(O)CN(C(=O)CSc2ccncc2)C1. The van der Waals surface area contributed by atoms with E-state index in [2.05, 4.69) is 4.98 Å². The first-order valence-electron chi connectivity index (χ1n) is 6.16. The van der Waals surface area contributed by atoms with E-state index in [1.807, 2.05) is 19.1 Å². The molecule has 1 aliphatic rings. The average Bonchev–Trinajstić information content (AvgIpc) is 2.34. The van der Waals surface area contributed by atoms with Crippen molar-refractivity contribution in [2.75, 3.05) is 18.8 Å². The first-order chi connectivity index (χ1) is 8.63. The van der Waals surface area contributed by atoms with Gasteiger partial charge in [-0.1, -0.05) is 13.3 Å². The van der Waals surface area contributed by atoms with Gasteiger partial charge in [-0.2, -0.15) is 0 Å². The van der Waals surface area contributed by atoms with Crippen molar-refractivity contribution in [1.82, 2.24) is 9.88 Å². The number of rotatable bonds is 5. The van der Waals surface area contributed by atoms with Gasteiger partial charge in [0.05, 0.1) is 24.4 Å². The summed E-state index contributed by atoms with van der Waals surface area (Å²) in [6, 6.07) is 3.78. The number of hydrogen-bond donors (Lipinski definition) is 1. The fourth-order valence-electron chi connectivity index (χ4n) is 2.13. The Hall–Kier alpha value is -1.07. The lowest BCUT2D eigenvalue weighted by Crippen LogP contribution is -2.63. The monoisotopic (exact) mass is 266 g/mol. The van der Waals surface area contributed by atoms with Crippen molar-refractivity contribution in [1.29, 1.82) is 0 Å². The van der Waals surface area contributed by atoms with Gasteiger partial charge in [-0.25, -0.2) is 0 Å². The molecule has 1 saturated heterocycles. The van der Waals surface area contributed by atoms with Crippen LogP contribution in [0.15, 0.2) is 29.4 Å². The van der Waals surface area contributed by atoms with Crippen molar-refractivity contribution in [2.45, 2.75) is 30.3 Å². The summed E-state index contributed by atoms with van der Waals surface area (Å²) in [5.41, 5.74) is -0.633. The molecule has 1 fully saturated rings. The lowest BCUT2D eigenvalue weighted by molar-refractivity contribution is -0.153. The normalized spacial score (nSPS) is 17.3. The molecule has 0 saturated carbocycles. The third-order valence-corrected chi connectivity index (χ3v) is 4.05. The summed E-state index contributed by atoms with van der Waals surface area (Å²) in [5, 5.41) is 10.0. The molecule has 1 aliphatic heterocycles. The van der Waals surface area contributed by atoms with E-state index in [1.165, 1.54) is 11.8 Å². The second kappa shape index (κ2) is 5.71. The number of aliphatic hydroxyl groups is 1. The maximum atomic E-state index is 11.9. The lowest BCUT2D eigenvalue weighted by Gasteiger charge is -2.46. The molecule has 0 radical (unpaired) electrons. The highest BCUT2D eigenvalue weighted by molar-refractivity contribution is 8.00. The Labute approximate surface area is 111 Å². The fraction of sp³-hybridized carbons (Fsp3) is 0.538. The van der Waals surface area contributed by atoms with Gasteiger partial charge in [-0.15, -0.1) is 11.8 Å². The van der Waals surface area contributed by atoms with Crippen LogP contribution in [-0.2, 0) is 4.79 Å². The molecule has 0 aromatic carbocycles. The van der Waals surface area contributed by atoms with E-state index in [0.29, 0.717) is 18.8 Å². The number of thioether (sulfide) groups is 1. The van der Waals surface area contributed by atoms with Crippen LogP contribution in [0.4, 0.5) is 0 Å². The minimum atomic E-state index is -0.633. The minimum Gasteiger partial charge on any atom is -0.386 e. The Kier molecular flexibility index (Phi) is 4.24. The molecule has 1 amide bonds. The Balaban J connectivity index is 1.74. The highest BCUT2D eigenvalue weighted by Gasteiger charge is 2.42. The highest BCUT2D eigenvalue weighted by atomic mass is 32.2. The second-order valence-electron chi connectivity index (χ2n) is 4.70. The first-order valence-corrected chi connectivity index (χ1v) is 7.14. The van der Waals surface area contributed by atoms with Crippen molar-refractivity contribution >= 4 is 17.7 Å². The van der Waals surface area contributed by atoms with Gasteiger partial charge < -0.3 is 10.0 Å². The van der Waals surface area contributed by atoms with Crippen molar-refractivity contribution in [3.05, 3.63) is 24.5 Å². The Morgan fingerprint density at radius 1 is 1.50 bits per heavy atom. The van der Waals surface area contributed by atoms with E-state index < -0.39 is 5.60 Å². The molecule has 0 bridgehead atoms. The molecule has 0 atom stereocenters. The van der Waals surface area contributed by atoms with E-state index in [0.717, 1.165) is 17.7 Å². The van der Waals surface area contributed by atoms with Crippen LogP contribution in [0.3, 0.4) is 0 Å². The summed E-state index contributed by atoms with van der Waals surface area (Å²) in [6.07, 6.45) is 5.16. The molecule has 1 aromatic rings. The molecule has 5 heteroatoms. The number of pyridine rings is 1. The number of carbonyl (C=O) groups is 1. The number of likely N-dealkylation sites (tertiary alicyclic amines) is 1. The fourth-order valence-corrected chi connectivity index (χ4v) is 2.92. The number of aromatic nitrogens is 1. The molecule has 4 nitrogen and oxygen atoms in total. The Bertz CT molecular complexity index is 405. The van der Waals surface area contributed by atoms with Gasteiger partial charge in [-0.3, -0.25) is 9.78 Å². The van der Waals surface area contributed by atoms with Crippen LogP contribution in [0.1, 0.15) is 19.8 Å². The average molecular weight is 266 g/mol. The quantitative estimate of drug-likeness (QED) is 0.822. The van der Waals surface area contributed by atoms with Crippen LogP contribution in [0, 0.1) is 0 Å². The van der Waals surface area contributed by atoms with Crippen LogP contribution >= 0.6 is 11.8 Å². The largest absolute Gasteiger partial charge is 0.386 e. The molecular weight excluding hydrogens is 248 g/mol. The standard InChI is InChI=1S/C13H18N2O2S/c1-2-5-13(17)9-15(10-13)12(16)8-18-11-3-6-14-7-4-11/h3-4,6-7,17H,2,5,8-10H2,1H3. The second-order valence-corrected chi connectivity index (χ2v) is 5.74. The van der Waals surface area contributed by atoms with Gasteiger partial charge in [0.25, 0.3) is 0 Å². The van der Waals surface area contributed by atoms with E-state index in [1.54, 1.807) is 17.3 Å². The maximum absolute atomic E-state index is 11.9. The van der Waals surface area contributed by atoms with Crippen LogP contribution in [0.25, 0.3) is 0 Å². The minimum absolute atomic E-state index is 0.0950. The molecule has 1 N–H and O–H groups in total. The number of carbonyl (C=O) groups excluding carboxylic acids is 1. The molecule has 2 heterocycles. The predicted molar refractivity (Wildman–Crippen MR) is 71.4 cm³/mol. The maximum Gasteiger partial charge on any atom is 0.233 e. The summed E-state index contributed by atoms with van der Waals surface area (Å²) < 4.78 is 0. The summed E-state index contributed by atoms with van der Waals surface area (Å²) in [5.74, 6) is 0.518. The predicted octanol–water partition coefficient (Wildman–Crippen LogP) is 1.55. The van der Waals surface area contributed by atoms with Crippen LogP contribution in [0.2, 0.25) is 0 Å². The third-order valence-electron chi connectivity index (χ3n) is 3.05. The van der Waals surface area contributed by atoms with Gasteiger partial charge in [0.15, 0.2) is 0 Å². The topological polar surface area (TPSA) is 53.4 Å². The molecule has 18 heavy (non-hydrogen) atoms.